The number of fused-ring (bicyclic) bond motifs is 1. The summed E-state index contributed by atoms with van der Waals surface area (Å²) in [6.45, 7) is 3.91. The molecule has 1 aliphatic rings. The molecule has 0 aromatic heterocycles. The minimum atomic E-state index is -0.0975. The maximum Gasteiger partial charge on any atom is 0.315 e. The smallest absolute Gasteiger partial charge is 0.315 e. The molecule has 2 amide bonds. The van der Waals surface area contributed by atoms with Crippen molar-refractivity contribution in [2.24, 2.45) is 0 Å². The van der Waals surface area contributed by atoms with Gasteiger partial charge in [0, 0.05) is 11.7 Å². The van der Waals surface area contributed by atoms with Gasteiger partial charge in [0.25, 0.3) is 0 Å². The van der Waals surface area contributed by atoms with Crippen LogP contribution in [-0.4, -0.2) is 12.1 Å². The quantitative estimate of drug-likeness (QED) is 0.702. The Bertz CT molecular complexity index is 443. The molecule has 4 heteroatoms. The predicted molar refractivity (Wildman–Crippen MR) is 73.3 cm³/mol. The first-order chi connectivity index (χ1) is 8.56. The second-order valence-electron chi connectivity index (χ2n) is 5.18. The zero-order chi connectivity index (χ0) is 13.1. The van der Waals surface area contributed by atoms with Crippen molar-refractivity contribution in [2.75, 3.05) is 5.73 Å². The van der Waals surface area contributed by atoms with E-state index in [2.05, 4.69) is 10.6 Å². The van der Waals surface area contributed by atoms with Crippen molar-refractivity contribution in [3.63, 3.8) is 0 Å². The van der Waals surface area contributed by atoms with Crippen LogP contribution in [0, 0.1) is 0 Å². The lowest BCUT2D eigenvalue weighted by atomic mass is 9.87. The third kappa shape index (κ3) is 2.94. The number of benzene rings is 1. The van der Waals surface area contributed by atoms with E-state index in [-0.39, 0.29) is 18.1 Å². The Hall–Kier alpha value is -1.71. The third-order valence-corrected chi connectivity index (χ3v) is 3.21. The van der Waals surface area contributed by atoms with Crippen molar-refractivity contribution in [3.8, 4) is 0 Å². The van der Waals surface area contributed by atoms with Crippen LogP contribution < -0.4 is 16.4 Å². The third-order valence-electron chi connectivity index (χ3n) is 3.21. The van der Waals surface area contributed by atoms with Gasteiger partial charge in [-0.2, -0.15) is 0 Å². The van der Waals surface area contributed by atoms with Gasteiger partial charge in [-0.1, -0.05) is 6.07 Å². The molecule has 0 saturated carbocycles. The highest BCUT2D eigenvalue weighted by Crippen LogP contribution is 2.30. The summed E-state index contributed by atoms with van der Waals surface area (Å²) < 4.78 is 0. The second-order valence-corrected chi connectivity index (χ2v) is 5.18. The second kappa shape index (κ2) is 5.29. The molecule has 1 unspecified atom stereocenters. The largest absolute Gasteiger partial charge is 0.399 e. The standard InChI is InChI=1S/C14H21N3O/c1-9(2)16-14(18)17-13-5-3-4-10-8-11(15)6-7-12(10)13/h6-9,13H,3-5,15H2,1-2H3,(H2,16,17,18). The number of nitrogen functional groups attached to an aromatic ring is 1. The Labute approximate surface area is 108 Å². The number of nitrogens with one attached hydrogen (secondary N) is 2. The molecule has 1 aromatic carbocycles. The van der Waals surface area contributed by atoms with E-state index >= 15 is 0 Å². The molecule has 0 fully saturated rings. The molecule has 0 radical (unpaired) electrons. The van der Waals surface area contributed by atoms with Gasteiger partial charge in [-0.05, 0) is 56.4 Å². The van der Waals surface area contributed by atoms with Crippen molar-refractivity contribution in [3.05, 3.63) is 29.3 Å². The summed E-state index contributed by atoms with van der Waals surface area (Å²) in [6.07, 6.45) is 3.12. The average molecular weight is 247 g/mol. The highest BCUT2D eigenvalue weighted by atomic mass is 16.2. The van der Waals surface area contributed by atoms with Crippen LogP contribution in [0.2, 0.25) is 0 Å². The van der Waals surface area contributed by atoms with E-state index < -0.39 is 0 Å². The minimum Gasteiger partial charge on any atom is -0.399 e. The SMILES string of the molecule is CC(C)NC(=O)NC1CCCc2cc(N)ccc21. The van der Waals surface area contributed by atoms with Crippen LogP contribution in [0.5, 0.6) is 0 Å². The van der Waals surface area contributed by atoms with Crippen LogP contribution in [0.4, 0.5) is 10.5 Å². The summed E-state index contributed by atoms with van der Waals surface area (Å²) >= 11 is 0. The lowest BCUT2D eigenvalue weighted by molar-refractivity contribution is 0.233. The summed E-state index contributed by atoms with van der Waals surface area (Å²) in [4.78, 5) is 11.8. The van der Waals surface area contributed by atoms with Crippen LogP contribution >= 0.6 is 0 Å². The molecule has 0 spiro atoms. The molecule has 1 aromatic rings. The van der Waals surface area contributed by atoms with Crippen LogP contribution in [-0.2, 0) is 6.42 Å². The molecule has 18 heavy (non-hydrogen) atoms. The van der Waals surface area contributed by atoms with Crippen molar-refractivity contribution in [2.45, 2.75) is 45.2 Å². The van der Waals surface area contributed by atoms with Gasteiger partial charge in [0.1, 0.15) is 0 Å². The lowest BCUT2D eigenvalue weighted by Crippen LogP contribution is -2.42. The fraction of sp³-hybridized carbons (Fsp3) is 0.500. The number of urea groups is 1. The van der Waals surface area contributed by atoms with Crippen LogP contribution in [0.3, 0.4) is 0 Å². The lowest BCUT2D eigenvalue weighted by Gasteiger charge is -2.27. The topological polar surface area (TPSA) is 67.2 Å². The fourth-order valence-electron chi connectivity index (χ4n) is 2.45. The maximum atomic E-state index is 11.8. The first-order valence-corrected chi connectivity index (χ1v) is 6.51. The van der Waals surface area contributed by atoms with Crippen molar-refractivity contribution in [1.82, 2.24) is 10.6 Å². The Morgan fingerprint density at radius 1 is 1.44 bits per heavy atom. The van der Waals surface area contributed by atoms with Crippen molar-refractivity contribution >= 4 is 11.7 Å². The number of hydrogen-bond acceptors (Lipinski definition) is 2. The molecule has 98 valence electrons. The van der Waals surface area contributed by atoms with Gasteiger partial charge in [0.15, 0.2) is 0 Å². The number of amides is 2. The summed E-state index contributed by atoms with van der Waals surface area (Å²) in [5.74, 6) is 0. The minimum absolute atomic E-state index is 0.0975. The molecular formula is C14H21N3O. The zero-order valence-corrected chi connectivity index (χ0v) is 11.0. The molecule has 4 N–H and O–H groups in total. The molecule has 0 saturated heterocycles. The van der Waals surface area contributed by atoms with E-state index in [1.54, 1.807) is 0 Å². The summed E-state index contributed by atoms with van der Waals surface area (Å²) in [6, 6.07) is 6.11. The highest BCUT2D eigenvalue weighted by Gasteiger charge is 2.21. The molecule has 0 heterocycles. The van der Waals surface area contributed by atoms with E-state index in [0.29, 0.717) is 0 Å². The van der Waals surface area contributed by atoms with Gasteiger partial charge in [-0.25, -0.2) is 4.79 Å². The van der Waals surface area contributed by atoms with Crippen LogP contribution in [0.1, 0.15) is 43.9 Å². The normalized spacial score (nSPS) is 18.3. The van der Waals surface area contributed by atoms with Gasteiger partial charge in [0.2, 0.25) is 0 Å². The monoisotopic (exact) mass is 247 g/mol. The van der Waals surface area contributed by atoms with Crippen LogP contribution in [0.15, 0.2) is 18.2 Å². The first-order valence-electron chi connectivity index (χ1n) is 6.51. The van der Waals surface area contributed by atoms with Gasteiger partial charge in [-0.3, -0.25) is 0 Å². The Kier molecular flexibility index (Phi) is 3.75. The van der Waals surface area contributed by atoms with E-state index in [0.717, 1.165) is 24.9 Å². The summed E-state index contributed by atoms with van der Waals surface area (Å²) in [5.41, 5.74) is 9.05. The van der Waals surface area contributed by atoms with E-state index in [4.69, 9.17) is 5.73 Å². The highest BCUT2D eigenvalue weighted by molar-refractivity contribution is 5.74. The van der Waals surface area contributed by atoms with E-state index in [1.807, 2.05) is 32.0 Å². The van der Waals surface area contributed by atoms with Gasteiger partial charge < -0.3 is 16.4 Å². The molecule has 1 aliphatic carbocycles. The molecule has 1 atom stereocenters. The number of rotatable bonds is 2. The average Bonchev–Trinajstić information content (AvgIpc) is 2.27. The van der Waals surface area contributed by atoms with Gasteiger partial charge in [0.05, 0.1) is 6.04 Å². The Morgan fingerprint density at radius 2 is 2.22 bits per heavy atom. The number of nitrogens with two attached hydrogens (primary N) is 1. The molecule has 4 nitrogen and oxygen atoms in total. The summed E-state index contributed by atoms with van der Waals surface area (Å²) in [5, 5.41) is 5.89. The number of carbonyl (C=O) groups is 1. The van der Waals surface area contributed by atoms with Crippen molar-refractivity contribution < 1.29 is 4.79 Å². The Balaban J connectivity index is 2.10. The van der Waals surface area contributed by atoms with Crippen LogP contribution in [0.25, 0.3) is 0 Å². The fourth-order valence-corrected chi connectivity index (χ4v) is 2.45. The molecule has 2 rings (SSSR count). The maximum absolute atomic E-state index is 11.8. The number of hydrogen-bond donors (Lipinski definition) is 3. The van der Waals surface area contributed by atoms with Gasteiger partial charge >= 0.3 is 6.03 Å². The van der Waals surface area contributed by atoms with E-state index in [1.165, 1.54) is 11.1 Å². The molecular weight excluding hydrogens is 226 g/mol. The summed E-state index contributed by atoms with van der Waals surface area (Å²) in [7, 11) is 0. The number of carbonyl (C=O) groups excluding carboxylic acids is 1. The van der Waals surface area contributed by atoms with Gasteiger partial charge in [-0.15, -0.1) is 0 Å². The predicted octanol–water partition coefficient (Wildman–Crippen LogP) is 2.35. The van der Waals surface area contributed by atoms with Crippen molar-refractivity contribution in [1.29, 1.82) is 0 Å². The van der Waals surface area contributed by atoms with E-state index in [9.17, 15) is 4.79 Å². The molecule has 0 aliphatic heterocycles. The Morgan fingerprint density at radius 3 is 2.94 bits per heavy atom. The number of anilines is 1. The molecule has 0 bridgehead atoms. The zero-order valence-electron chi connectivity index (χ0n) is 11.0. The number of aryl methyl sites for hydroxylation is 1. The first kappa shape index (κ1) is 12.7.